The Labute approximate surface area is 114 Å². The highest BCUT2D eigenvalue weighted by Gasteiger charge is 2.13. The molecule has 20 heavy (non-hydrogen) atoms. The number of phenolic OH excluding ortho intramolecular Hbond substituents is 1. The van der Waals surface area contributed by atoms with Crippen molar-refractivity contribution in [3.05, 3.63) is 30.3 Å². The SMILES string of the molecule is O=C(O)CNc1ccc2cc(S(=O)(=O)O)cc(O)c2c1. The van der Waals surface area contributed by atoms with E-state index in [1.165, 1.54) is 18.2 Å². The summed E-state index contributed by atoms with van der Waals surface area (Å²) in [7, 11) is -4.40. The summed E-state index contributed by atoms with van der Waals surface area (Å²) in [6, 6.07) is 6.68. The third kappa shape index (κ3) is 2.98. The molecule has 8 heteroatoms. The van der Waals surface area contributed by atoms with Gasteiger partial charge >= 0.3 is 5.97 Å². The molecule has 0 aliphatic heterocycles. The molecule has 0 aliphatic carbocycles. The van der Waals surface area contributed by atoms with Crippen molar-refractivity contribution in [1.82, 2.24) is 0 Å². The first-order valence-corrected chi connectivity index (χ1v) is 6.91. The number of nitrogens with one attached hydrogen (secondary N) is 1. The Bertz CT molecular complexity index is 784. The number of hydrogen-bond donors (Lipinski definition) is 4. The van der Waals surface area contributed by atoms with E-state index in [0.717, 1.165) is 6.07 Å². The van der Waals surface area contributed by atoms with Crippen LogP contribution in [0.25, 0.3) is 10.8 Å². The fourth-order valence-electron chi connectivity index (χ4n) is 1.75. The van der Waals surface area contributed by atoms with Crippen LogP contribution in [0.15, 0.2) is 35.2 Å². The van der Waals surface area contributed by atoms with Crippen molar-refractivity contribution in [3.8, 4) is 5.75 Å². The lowest BCUT2D eigenvalue weighted by atomic mass is 10.1. The topological polar surface area (TPSA) is 124 Å². The van der Waals surface area contributed by atoms with E-state index >= 15 is 0 Å². The highest BCUT2D eigenvalue weighted by molar-refractivity contribution is 7.85. The van der Waals surface area contributed by atoms with Crippen LogP contribution in [0, 0.1) is 0 Å². The zero-order valence-electron chi connectivity index (χ0n) is 10.1. The smallest absolute Gasteiger partial charge is 0.322 e. The molecule has 7 nitrogen and oxygen atoms in total. The molecule has 0 unspecified atom stereocenters. The monoisotopic (exact) mass is 297 g/mol. The molecule has 0 heterocycles. The van der Waals surface area contributed by atoms with Gasteiger partial charge in [-0.3, -0.25) is 9.35 Å². The van der Waals surface area contributed by atoms with Crippen LogP contribution in [0.5, 0.6) is 5.75 Å². The molecule has 4 N–H and O–H groups in total. The summed E-state index contributed by atoms with van der Waals surface area (Å²) in [5.74, 6) is -1.36. The van der Waals surface area contributed by atoms with Gasteiger partial charge in [0.2, 0.25) is 0 Å². The number of phenols is 1. The number of anilines is 1. The van der Waals surface area contributed by atoms with Gasteiger partial charge in [0.25, 0.3) is 10.1 Å². The summed E-state index contributed by atoms with van der Waals surface area (Å²) in [5, 5.41) is 21.7. The van der Waals surface area contributed by atoms with Gasteiger partial charge in [-0.25, -0.2) is 0 Å². The Kier molecular flexibility index (Phi) is 3.51. The molecule has 0 fully saturated rings. The van der Waals surface area contributed by atoms with Gasteiger partial charge in [0.1, 0.15) is 12.3 Å². The highest BCUT2D eigenvalue weighted by Crippen LogP contribution is 2.30. The molecule has 0 bridgehead atoms. The lowest BCUT2D eigenvalue weighted by Crippen LogP contribution is -2.12. The molecule has 0 saturated carbocycles. The molecule has 0 radical (unpaired) electrons. The van der Waals surface area contributed by atoms with Crippen molar-refractivity contribution in [2.24, 2.45) is 0 Å². The van der Waals surface area contributed by atoms with Crippen LogP contribution in [0.4, 0.5) is 5.69 Å². The van der Waals surface area contributed by atoms with Crippen LogP contribution in [-0.4, -0.2) is 35.7 Å². The number of aliphatic carboxylic acids is 1. The van der Waals surface area contributed by atoms with E-state index in [-0.39, 0.29) is 12.3 Å². The van der Waals surface area contributed by atoms with Crippen LogP contribution >= 0.6 is 0 Å². The summed E-state index contributed by atoms with van der Waals surface area (Å²) in [6.45, 7) is -0.282. The van der Waals surface area contributed by atoms with E-state index in [4.69, 9.17) is 9.66 Å². The molecule has 0 saturated heterocycles. The van der Waals surface area contributed by atoms with E-state index in [9.17, 15) is 18.3 Å². The van der Waals surface area contributed by atoms with Crippen LogP contribution in [0.3, 0.4) is 0 Å². The average Bonchev–Trinajstić information content (AvgIpc) is 2.35. The minimum Gasteiger partial charge on any atom is -0.507 e. The van der Waals surface area contributed by atoms with Gasteiger partial charge in [0.15, 0.2) is 0 Å². The maximum Gasteiger partial charge on any atom is 0.322 e. The second-order valence-electron chi connectivity index (χ2n) is 4.10. The predicted octanol–water partition coefficient (Wildman–Crippen LogP) is 1.29. The number of benzene rings is 2. The lowest BCUT2D eigenvalue weighted by Gasteiger charge is -2.08. The molecule has 0 atom stereocenters. The number of carboxylic acid groups (broad SMARTS) is 1. The van der Waals surface area contributed by atoms with E-state index in [1.807, 2.05) is 0 Å². The standard InChI is InChI=1S/C12H11NO6S/c14-11-5-9(20(17,18)19)3-7-1-2-8(4-10(7)11)13-6-12(15)16/h1-5,13-14H,6H2,(H,15,16)(H,17,18,19). The first-order valence-electron chi connectivity index (χ1n) is 5.47. The van der Waals surface area contributed by atoms with Crippen LogP contribution in [-0.2, 0) is 14.9 Å². The number of fused-ring (bicyclic) bond motifs is 1. The predicted molar refractivity (Wildman–Crippen MR) is 71.6 cm³/mol. The molecule has 2 aromatic rings. The summed E-state index contributed by atoms with van der Waals surface area (Å²) >= 11 is 0. The van der Waals surface area contributed by atoms with E-state index in [0.29, 0.717) is 16.5 Å². The van der Waals surface area contributed by atoms with Crippen LogP contribution < -0.4 is 5.32 Å². The molecule has 0 aliphatic rings. The van der Waals surface area contributed by atoms with Crippen molar-refractivity contribution in [1.29, 1.82) is 0 Å². The third-order valence-corrected chi connectivity index (χ3v) is 3.48. The Morgan fingerprint density at radius 1 is 1.20 bits per heavy atom. The number of carbonyl (C=O) groups is 1. The third-order valence-electron chi connectivity index (χ3n) is 2.65. The minimum absolute atomic E-state index is 0.282. The maximum atomic E-state index is 11.0. The van der Waals surface area contributed by atoms with E-state index in [1.54, 1.807) is 6.07 Å². The first kappa shape index (κ1) is 14.1. The Balaban J connectivity index is 2.49. The summed E-state index contributed by atoms with van der Waals surface area (Å²) in [5.41, 5.74) is 0.467. The zero-order valence-corrected chi connectivity index (χ0v) is 10.9. The van der Waals surface area contributed by atoms with Gasteiger partial charge in [0, 0.05) is 17.1 Å². The molecule has 2 rings (SSSR count). The van der Waals surface area contributed by atoms with Crippen molar-refractivity contribution in [2.45, 2.75) is 4.90 Å². The lowest BCUT2D eigenvalue weighted by molar-refractivity contribution is -0.134. The maximum absolute atomic E-state index is 11.0. The van der Waals surface area contributed by atoms with Gasteiger partial charge in [0.05, 0.1) is 4.90 Å². The molecule has 0 spiro atoms. The summed E-state index contributed by atoms with van der Waals surface area (Å²) in [4.78, 5) is 10.0. The number of carboxylic acids is 1. The van der Waals surface area contributed by atoms with Crippen LogP contribution in [0.1, 0.15) is 0 Å². The number of rotatable bonds is 4. The van der Waals surface area contributed by atoms with Crippen molar-refractivity contribution in [2.75, 3.05) is 11.9 Å². The molecule has 2 aromatic carbocycles. The quantitative estimate of drug-likeness (QED) is 0.627. The Morgan fingerprint density at radius 2 is 1.90 bits per heavy atom. The molecular formula is C12H11NO6S. The van der Waals surface area contributed by atoms with E-state index < -0.39 is 21.0 Å². The Morgan fingerprint density at radius 3 is 2.50 bits per heavy atom. The molecule has 0 amide bonds. The largest absolute Gasteiger partial charge is 0.507 e. The second-order valence-corrected chi connectivity index (χ2v) is 5.52. The van der Waals surface area contributed by atoms with Gasteiger partial charge in [-0.05, 0) is 23.6 Å². The zero-order chi connectivity index (χ0) is 14.9. The van der Waals surface area contributed by atoms with E-state index in [2.05, 4.69) is 5.32 Å². The van der Waals surface area contributed by atoms with Crippen LogP contribution in [0.2, 0.25) is 0 Å². The fourth-order valence-corrected chi connectivity index (χ4v) is 2.28. The summed E-state index contributed by atoms with van der Waals surface area (Å²) < 4.78 is 31.0. The first-order chi connectivity index (χ1) is 9.27. The second kappa shape index (κ2) is 4.99. The molecule has 0 aromatic heterocycles. The van der Waals surface area contributed by atoms with Gasteiger partial charge in [-0.2, -0.15) is 8.42 Å². The average molecular weight is 297 g/mol. The van der Waals surface area contributed by atoms with Crippen molar-refractivity contribution < 1.29 is 28.0 Å². The minimum atomic E-state index is -4.40. The summed E-state index contributed by atoms with van der Waals surface area (Å²) in [6.07, 6.45) is 0. The van der Waals surface area contributed by atoms with Gasteiger partial charge in [-0.15, -0.1) is 0 Å². The van der Waals surface area contributed by atoms with Crippen molar-refractivity contribution in [3.63, 3.8) is 0 Å². The fraction of sp³-hybridized carbons (Fsp3) is 0.0833. The van der Waals surface area contributed by atoms with Gasteiger partial charge in [-0.1, -0.05) is 6.07 Å². The Hall–Kier alpha value is -2.32. The molecular weight excluding hydrogens is 286 g/mol. The highest BCUT2D eigenvalue weighted by atomic mass is 32.2. The van der Waals surface area contributed by atoms with Gasteiger partial charge < -0.3 is 15.5 Å². The van der Waals surface area contributed by atoms with Crippen molar-refractivity contribution >= 4 is 32.5 Å². The number of aromatic hydroxyl groups is 1. The molecule has 106 valence electrons. The number of hydrogen-bond acceptors (Lipinski definition) is 5. The normalized spacial score (nSPS) is 11.4.